The van der Waals surface area contributed by atoms with Gasteiger partial charge in [0.15, 0.2) is 5.15 Å². The number of carbonyl (C=O) groups is 1. The smallest absolute Gasteiger partial charge is 0.340 e. The zero-order valence-electron chi connectivity index (χ0n) is 11.8. The maximum atomic E-state index is 11.9. The van der Waals surface area contributed by atoms with E-state index in [4.69, 9.17) is 22.1 Å². The molecule has 0 radical (unpaired) electrons. The van der Waals surface area contributed by atoms with Crippen LogP contribution in [0.1, 0.15) is 17.3 Å². The maximum Gasteiger partial charge on any atom is 0.340 e. The Morgan fingerprint density at radius 1 is 1.41 bits per heavy atom. The minimum atomic E-state index is -0.355. The van der Waals surface area contributed by atoms with E-state index in [1.54, 1.807) is 13.1 Å². The van der Waals surface area contributed by atoms with Gasteiger partial charge in [-0.1, -0.05) is 23.7 Å². The zero-order chi connectivity index (χ0) is 15.7. The summed E-state index contributed by atoms with van der Waals surface area (Å²) < 4.78 is 5.03. The van der Waals surface area contributed by atoms with Crippen LogP contribution in [0.25, 0.3) is 22.2 Å². The second-order valence-electron chi connectivity index (χ2n) is 4.61. The van der Waals surface area contributed by atoms with Gasteiger partial charge in [-0.2, -0.15) is 0 Å². The molecular weight excluding hydrogens is 304 g/mol. The molecule has 0 unspecified atom stereocenters. The van der Waals surface area contributed by atoms with Crippen LogP contribution < -0.4 is 5.73 Å². The summed E-state index contributed by atoms with van der Waals surface area (Å²) in [6, 6.07) is 5.50. The van der Waals surface area contributed by atoms with Gasteiger partial charge in [0.25, 0.3) is 0 Å². The van der Waals surface area contributed by atoms with Gasteiger partial charge in [-0.3, -0.25) is 0 Å². The van der Waals surface area contributed by atoms with Gasteiger partial charge in [0.1, 0.15) is 6.33 Å². The van der Waals surface area contributed by atoms with E-state index in [0.717, 1.165) is 16.5 Å². The van der Waals surface area contributed by atoms with E-state index in [1.165, 1.54) is 6.33 Å². The molecule has 0 saturated heterocycles. The van der Waals surface area contributed by atoms with Crippen LogP contribution in [0.3, 0.4) is 0 Å². The first kappa shape index (κ1) is 14.3. The summed E-state index contributed by atoms with van der Waals surface area (Å²) in [4.78, 5) is 22.9. The molecule has 0 fully saturated rings. The van der Waals surface area contributed by atoms with Gasteiger partial charge in [0.05, 0.1) is 23.6 Å². The number of benzene rings is 1. The lowest BCUT2D eigenvalue weighted by Crippen LogP contribution is -2.03. The van der Waals surface area contributed by atoms with Gasteiger partial charge in [0.2, 0.25) is 0 Å². The lowest BCUT2D eigenvalue weighted by atomic mass is 10.1. The standard InChI is InChI=1S/C15H13ClN4O2/c1-2-22-15(21)10-6-18-11-5-8(3-4-9(10)11)13-12(17)14(16)20-7-19-13/h3-7,18H,2,17H2,1H3. The number of ether oxygens (including phenoxy) is 1. The van der Waals surface area contributed by atoms with Crippen molar-refractivity contribution in [1.29, 1.82) is 0 Å². The molecule has 22 heavy (non-hydrogen) atoms. The first-order valence-electron chi connectivity index (χ1n) is 6.66. The van der Waals surface area contributed by atoms with Crippen LogP contribution in [0.15, 0.2) is 30.7 Å². The van der Waals surface area contributed by atoms with Crippen LogP contribution in [0.2, 0.25) is 5.15 Å². The second-order valence-corrected chi connectivity index (χ2v) is 4.97. The number of anilines is 1. The van der Waals surface area contributed by atoms with Crippen LogP contribution in [-0.2, 0) is 4.74 Å². The van der Waals surface area contributed by atoms with E-state index < -0.39 is 0 Å². The first-order chi connectivity index (χ1) is 10.6. The molecular formula is C15H13ClN4O2. The number of rotatable bonds is 3. The number of nitrogens with two attached hydrogens (primary N) is 1. The lowest BCUT2D eigenvalue weighted by Gasteiger charge is -2.06. The fourth-order valence-corrected chi connectivity index (χ4v) is 2.39. The maximum absolute atomic E-state index is 11.9. The van der Waals surface area contributed by atoms with Crippen molar-refractivity contribution in [3.63, 3.8) is 0 Å². The Morgan fingerprint density at radius 2 is 2.23 bits per heavy atom. The van der Waals surface area contributed by atoms with Gasteiger partial charge >= 0.3 is 5.97 Å². The van der Waals surface area contributed by atoms with E-state index in [9.17, 15) is 4.79 Å². The minimum Gasteiger partial charge on any atom is -0.462 e. The number of hydrogen-bond donors (Lipinski definition) is 2. The highest BCUT2D eigenvalue weighted by Crippen LogP contribution is 2.30. The number of H-pyrrole nitrogens is 1. The summed E-state index contributed by atoms with van der Waals surface area (Å²) >= 11 is 5.92. The molecule has 0 aliphatic carbocycles. The largest absolute Gasteiger partial charge is 0.462 e. The number of aromatic nitrogens is 3. The molecule has 112 valence electrons. The summed E-state index contributed by atoms with van der Waals surface area (Å²) in [5.74, 6) is -0.355. The third kappa shape index (κ3) is 2.37. The van der Waals surface area contributed by atoms with Crippen molar-refractivity contribution in [2.45, 2.75) is 6.92 Å². The number of carbonyl (C=O) groups excluding carboxylic acids is 1. The van der Waals surface area contributed by atoms with Gasteiger partial charge in [0, 0.05) is 22.7 Å². The summed E-state index contributed by atoms with van der Waals surface area (Å²) in [7, 11) is 0. The highest BCUT2D eigenvalue weighted by molar-refractivity contribution is 6.32. The summed E-state index contributed by atoms with van der Waals surface area (Å²) in [6.07, 6.45) is 2.99. The molecule has 3 N–H and O–H groups in total. The van der Waals surface area contributed by atoms with Crippen molar-refractivity contribution in [3.8, 4) is 11.3 Å². The van der Waals surface area contributed by atoms with E-state index in [1.807, 2.05) is 18.2 Å². The number of fused-ring (bicyclic) bond motifs is 1. The SMILES string of the molecule is CCOC(=O)c1c[nH]c2cc(-c3ncnc(Cl)c3N)ccc12. The lowest BCUT2D eigenvalue weighted by molar-refractivity contribution is 0.0529. The molecule has 0 amide bonds. The van der Waals surface area contributed by atoms with Crippen LogP contribution >= 0.6 is 11.6 Å². The number of nitrogens with one attached hydrogen (secondary N) is 1. The van der Waals surface area contributed by atoms with Gasteiger partial charge < -0.3 is 15.5 Å². The number of nitrogens with zero attached hydrogens (tertiary/aromatic N) is 2. The predicted molar refractivity (Wildman–Crippen MR) is 84.7 cm³/mol. The Kier molecular flexibility index (Phi) is 3.68. The fraction of sp³-hybridized carbons (Fsp3) is 0.133. The fourth-order valence-electron chi connectivity index (χ4n) is 2.26. The zero-order valence-corrected chi connectivity index (χ0v) is 12.5. The Morgan fingerprint density at radius 3 is 3.00 bits per heavy atom. The van der Waals surface area contributed by atoms with Crippen molar-refractivity contribution < 1.29 is 9.53 Å². The topological polar surface area (TPSA) is 93.9 Å². The Hall–Kier alpha value is -2.60. The van der Waals surface area contributed by atoms with Crippen LogP contribution in [0, 0.1) is 0 Å². The Labute approximate surface area is 131 Å². The highest BCUT2D eigenvalue weighted by Gasteiger charge is 2.15. The van der Waals surface area contributed by atoms with Crippen LogP contribution in [0.4, 0.5) is 5.69 Å². The van der Waals surface area contributed by atoms with E-state index in [2.05, 4.69) is 15.0 Å². The summed E-state index contributed by atoms with van der Waals surface area (Å²) in [6.45, 7) is 2.10. The quantitative estimate of drug-likeness (QED) is 0.572. The van der Waals surface area contributed by atoms with Crippen LogP contribution in [0.5, 0.6) is 0 Å². The predicted octanol–water partition coefficient (Wildman–Crippen LogP) is 3.04. The molecule has 7 heteroatoms. The number of esters is 1. The number of hydrogen-bond acceptors (Lipinski definition) is 5. The number of nitrogen functional groups attached to an aromatic ring is 1. The van der Waals surface area contributed by atoms with Crippen molar-refractivity contribution in [2.75, 3.05) is 12.3 Å². The van der Waals surface area contributed by atoms with E-state index in [0.29, 0.717) is 23.6 Å². The average molecular weight is 317 g/mol. The monoisotopic (exact) mass is 316 g/mol. The van der Waals surface area contributed by atoms with Gasteiger partial charge in [-0.15, -0.1) is 0 Å². The van der Waals surface area contributed by atoms with Crippen molar-refractivity contribution in [3.05, 3.63) is 41.4 Å². The molecule has 6 nitrogen and oxygen atoms in total. The third-order valence-electron chi connectivity index (χ3n) is 3.29. The summed E-state index contributed by atoms with van der Waals surface area (Å²) in [5, 5.41) is 0.990. The number of aromatic amines is 1. The summed E-state index contributed by atoms with van der Waals surface area (Å²) in [5.41, 5.74) is 8.85. The molecule has 3 aromatic rings. The first-order valence-corrected chi connectivity index (χ1v) is 7.04. The molecule has 1 aromatic carbocycles. The minimum absolute atomic E-state index is 0.212. The second kappa shape index (κ2) is 5.65. The highest BCUT2D eigenvalue weighted by atomic mass is 35.5. The van der Waals surface area contributed by atoms with E-state index >= 15 is 0 Å². The average Bonchev–Trinajstić information content (AvgIpc) is 2.93. The normalized spacial score (nSPS) is 10.8. The van der Waals surface area contributed by atoms with Crippen molar-refractivity contribution in [1.82, 2.24) is 15.0 Å². The van der Waals surface area contributed by atoms with Crippen LogP contribution in [-0.4, -0.2) is 27.5 Å². The molecule has 2 aromatic heterocycles. The third-order valence-corrected chi connectivity index (χ3v) is 3.59. The van der Waals surface area contributed by atoms with Crippen molar-refractivity contribution in [2.24, 2.45) is 0 Å². The molecule has 0 aliphatic heterocycles. The van der Waals surface area contributed by atoms with Gasteiger partial charge in [-0.05, 0) is 13.0 Å². The van der Waals surface area contributed by atoms with Gasteiger partial charge in [-0.25, -0.2) is 14.8 Å². The van der Waals surface area contributed by atoms with Crippen molar-refractivity contribution >= 4 is 34.2 Å². The Bertz CT molecular complexity index is 860. The molecule has 0 atom stereocenters. The number of halogens is 1. The van der Waals surface area contributed by atoms with E-state index in [-0.39, 0.29) is 11.1 Å². The molecule has 0 aliphatic rings. The molecule has 0 saturated carbocycles. The molecule has 0 bridgehead atoms. The molecule has 2 heterocycles. The molecule has 0 spiro atoms. The molecule has 3 rings (SSSR count). The Balaban J connectivity index is 2.08.